The van der Waals surface area contributed by atoms with E-state index in [0.717, 1.165) is 5.56 Å². The summed E-state index contributed by atoms with van der Waals surface area (Å²) >= 11 is 0. The number of imidazole rings is 1. The zero-order valence-corrected chi connectivity index (χ0v) is 14.5. The van der Waals surface area contributed by atoms with Crippen molar-refractivity contribution >= 4 is 17.0 Å². The summed E-state index contributed by atoms with van der Waals surface area (Å²) < 4.78 is 7.33. The number of ether oxygens (including phenoxy) is 1. The molecule has 0 bridgehead atoms. The van der Waals surface area contributed by atoms with Crippen molar-refractivity contribution in [2.75, 3.05) is 12.3 Å². The molecule has 0 aliphatic carbocycles. The summed E-state index contributed by atoms with van der Waals surface area (Å²) in [5.74, 6) is 0.836. The smallest absolute Gasteiger partial charge is 0.167 e. The number of aliphatic hydroxyl groups excluding tert-OH is 3. The Kier molecular flexibility index (Phi) is 4.75. The van der Waals surface area contributed by atoms with Crippen molar-refractivity contribution in [3.05, 3.63) is 48.0 Å². The Balaban J connectivity index is 1.74. The number of rotatable bonds is 5. The molecular weight excluding hydrogens is 350 g/mol. The molecule has 27 heavy (non-hydrogen) atoms. The van der Waals surface area contributed by atoms with Gasteiger partial charge in [0.1, 0.15) is 30.5 Å². The van der Waals surface area contributed by atoms with Gasteiger partial charge in [-0.05, 0) is 12.0 Å². The van der Waals surface area contributed by atoms with E-state index in [4.69, 9.17) is 10.5 Å². The molecule has 1 saturated heterocycles. The van der Waals surface area contributed by atoms with E-state index < -0.39 is 31.1 Å². The van der Waals surface area contributed by atoms with Gasteiger partial charge in [0.25, 0.3) is 0 Å². The first-order valence-corrected chi connectivity index (χ1v) is 8.73. The Bertz CT molecular complexity index is 932. The number of hydrogen-bond acceptors (Lipinski definition) is 8. The van der Waals surface area contributed by atoms with Crippen molar-refractivity contribution in [2.24, 2.45) is 0 Å². The Morgan fingerprint density at radius 1 is 1.07 bits per heavy atom. The van der Waals surface area contributed by atoms with E-state index in [2.05, 4.69) is 15.0 Å². The molecule has 1 aliphatic heterocycles. The Hall–Kier alpha value is -2.59. The van der Waals surface area contributed by atoms with Crippen LogP contribution in [0.4, 0.5) is 5.82 Å². The Morgan fingerprint density at radius 2 is 1.85 bits per heavy atom. The number of nitrogens with two attached hydrogens (primary N) is 1. The molecule has 0 radical (unpaired) electrons. The van der Waals surface area contributed by atoms with Gasteiger partial charge in [0, 0.05) is 6.42 Å². The minimum absolute atomic E-state index is 0.228. The summed E-state index contributed by atoms with van der Waals surface area (Å²) in [6.45, 7) is -0.405. The maximum Gasteiger partial charge on any atom is 0.167 e. The van der Waals surface area contributed by atoms with Crippen molar-refractivity contribution in [3.63, 3.8) is 0 Å². The third kappa shape index (κ3) is 3.15. The highest BCUT2D eigenvalue weighted by molar-refractivity contribution is 5.82. The zero-order chi connectivity index (χ0) is 19.0. The quantitative estimate of drug-likeness (QED) is 0.484. The van der Waals surface area contributed by atoms with Crippen LogP contribution < -0.4 is 5.73 Å². The van der Waals surface area contributed by atoms with Crippen molar-refractivity contribution in [2.45, 2.75) is 37.4 Å². The van der Waals surface area contributed by atoms with Crippen LogP contribution in [0.15, 0.2) is 36.7 Å². The van der Waals surface area contributed by atoms with Crippen molar-refractivity contribution in [1.82, 2.24) is 19.5 Å². The molecule has 2 aromatic heterocycles. The van der Waals surface area contributed by atoms with E-state index in [-0.39, 0.29) is 5.82 Å². The lowest BCUT2D eigenvalue weighted by atomic mass is 10.1. The lowest BCUT2D eigenvalue weighted by Crippen LogP contribution is -2.33. The van der Waals surface area contributed by atoms with Crippen LogP contribution in [-0.2, 0) is 17.6 Å². The second-order valence-electron chi connectivity index (χ2n) is 6.54. The van der Waals surface area contributed by atoms with Crippen LogP contribution in [0.2, 0.25) is 0 Å². The second kappa shape index (κ2) is 7.20. The highest BCUT2D eigenvalue weighted by Crippen LogP contribution is 2.33. The fourth-order valence-corrected chi connectivity index (χ4v) is 3.41. The molecule has 0 unspecified atom stereocenters. The minimum atomic E-state index is -1.23. The molecule has 9 nitrogen and oxygen atoms in total. The molecule has 1 aromatic carbocycles. The van der Waals surface area contributed by atoms with Gasteiger partial charge < -0.3 is 25.8 Å². The minimum Gasteiger partial charge on any atom is -0.394 e. The number of nitrogens with zero attached hydrogens (tertiary/aromatic N) is 4. The SMILES string of the molecule is Nc1ncnc2c1nc(CCc1ccccc1)n2[C@@H]1O[C@H](CO)[C@@H](O)[C@H]1O. The summed E-state index contributed by atoms with van der Waals surface area (Å²) in [7, 11) is 0. The number of aliphatic hydroxyl groups is 3. The topological polar surface area (TPSA) is 140 Å². The third-order valence-corrected chi connectivity index (χ3v) is 4.83. The maximum absolute atomic E-state index is 10.5. The fourth-order valence-electron chi connectivity index (χ4n) is 3.41. The van der Waals surface area contributed by atoms with Crippen molar-refractivity contribution in [3.8, 4) is 0 Å². The Morgan fingerprint density at radius 3 is 2.56 bits per heavy atom. The van der Waals surface area contributed by atoms with Gasteiger partial charge in [0.2, 0.25) is 0 Å². The van der Waals surface area contributed by atoms with E-state index in [1.165, 1.54) is 6.33 Å². The molecule has 4 rings (SSSR count). The number of anilines is 1. The maximum atomic E-state index is 10.5. The van der Waals surface area contributed by atoms with Crippen LogP contribution in [0.3, 0.4) is 0 Å². The van der Waals surface area contributed by atoms with E-state index >= 15 is 0 Å². The molecule has 3 aromatic rings. The van der Waals surface area contributed by atoms with Gasteiger partial charge in [0.15, 0.2) is 23.2 Å². The van der Waals surface area contributed by atoms with Crippen LogP contribution in [0.5, 0.6) is 0 Å². The van der Waals surface area contributed by atoms with Gasteiger partial charge in [-0.1, -0.05) is 30.3 Å². The van der Waals surface area contributed by atoms with Gasteiger partial charge >= 0.3 is 0 Å². The van der Waals surface area contributed by atoms with Gasteiger partial charge in [-0.2, -0.15) is 0 Å². The first-order chi connectivity index (χ1) is 13.1. The van der Waals surface area contributed by atoms with Crippen LogP contribution in [0.25, 0.3) is 11.2 Å². The number of hydrogen-bond donors (Lipinski definition) is 4. The molecule has 142 valence electrons. The number of aryl methyl sites for hydroxylation is 2. The standard InChI is InChI=1S/C18H21N5O4/c19-16-13-17(21-9-20-16)23(18-15(26)14(25)11(8-24)27-18)12(22-13)7-6-10-4-2-1-3-5-10/h1-5,9,11,14-15,18,24-26H,6-8H2,(H2,19,20,21)/t11-,14-,15-,18-/m1/s1. The number of nitrogen functional groups attached to an aromatic ring is 1. The predicted molar refractivity (Wildman–Crippen MR) is 96.6 cm³/mol. The number of aromatic nitrogens is 4. The molecule has 0 saturated carbocycles. The lowest BCUT2D eigenvalue weighted by Gasteiger charge is -2.19. The van der Waals surface area contributed by atoms with E-state index in [1.54, 1.807) is 4.57 Å². The molecule has 0 amide bonds. The third-order valence-electron chi connectivity index (χ3n) is 4.83. The first kappa shape index (κ1) is 17.8. The fraction of sp³-hybridized carbons (Fsp3) is 0.389. The molecule has 3 heterocycles. The average Bonchev–Trinajstić information content (AvgIpc) is 3.19. The van der Waals surface area contributed by atoms with E-state index in [1.807, 2.05) is 30.3 Å². The van der Waals surface area contributed by atoms with E-state index in [0.29, 0.717) is 29.8 Å². The van der Waals surface area contributed by atoms with Crippen LogP contribution in [0.1, 0.15) is 17.6 Å². The molecule has 0 spiro atoms. The van der Waals surface area contributed by atoms with Gasteiger partial charge in [0.05, 0.1) is 6.61 Å². The molecule has 1 fully saturated rings. The van der Waals surface area contributed by atoms with E-state index in [9.17, 15) is 15.3 Å². The molecule has 1 aliphatic rings. The van der Waals surface area contributed by atoms with Gasteiger partial charge in [-0.3, -0.25) is 4.57 Å². The second-order valence-corrected chi connectivity index (χ2v) is 6.54. The highest BCUT2D eigenvalue weighted by Gasteiger charge is 2.44. The van der Waals surface area contributed by atoms with Crippen molar-refractivity contribution in [1.29, 1.82) is 0 Å². The summed E-state index contributed by atoms with van der Waals surface area (Å²) in [6.07, 6.45) is -1.67. The highest BCUT2D eigenvalue weighted by atomic mass is 16.6. The largest absolute Gasteiger partial charge is 0.394 e. The van der Waals surface area contributed by atoms with Crippen LogP contribution in [0, 0.1) is 0 Å². The Labute approximate surface area is 155 Å². The van der Waals surface area contributed by atoms with Crippen LogP contribution in [-0.4, -0.2) is 59.8 Å². The summed E-state index contributed by atoms with van der Waals surface area (Å²) in [6, 6.07) is 9.93. The summed E-state index contributed by atoms with van der Waals surface area (Å²) in [5, 5.41) is 30.0. The zero-order valence-electron chi connectivity index (χ0n) is 14.5. The summed E-state index contributed by atoms with van der Waals surface area (Å²) in [5.41, 5.74) is 7.91. The number of benzene rings is 1. The number of fused-ring (bicyclic) bond motifs is 1. The lowest BCUT2D eigenvalue weighted by molar-refractivity contribution is -0.0522. The van der Waals surface area contributed by atoms with Crippen molar-refractivity contribution < 1.29 is 20.1 Å². The molecule has 5 N–H and O–H groups in total. The molecule has 9 heteroatoms. The van der Waals surface area contributed by atoms with Gasteiger partial charge in [-0.25, -0.2) is 15.0 Å². The normalized spacial score (nSPS) is 25.3. The average molecular weight is 371 g/mol. The molecular formula is C18H21N5O4. The predicted octanol–water partition coefficient (Wildman–Crippen LogP) is -0.195. The summed E-state index contributed by atoms with van der Waals surface area (Å²) in [4.78, 5) is 12.8. The van der Waals surface area contributed by atoms with Crippen LogP contribution >= 0.6 is 0 Å². The monoisotopic (exact) mass is 371 g/mol. The van der Waals surface area contributed by atoms with Gasteiger partial charge in [-0.15, -0.1) is 0 Å². The molecule has 4 atom stereocenters. The first-order valence-electron chi connectivity index (χ1n) is 8.73.